The molecule has 4 rings (SSSR count). The zero-order chi connectivity index (χ0) is 22.1. The van der Waals surface area contributed by atoms with E-state index < -0.39 is 24.0 Å². The van der Waals surface area contributed by atoms with Crippen LogP contribution in [0.25, 0.3) is 0 Å². The number of aromatic nitrogens is 4. The molecular formula is C21H35ClN6O4. The lowest BCUT2D eigenvalue weighted by Crippen LogP contribution is -2.50. The van der Waals surface area contributed by atoms with Crippen molar-refractivity contribution in [1.82, 2.24) is 30.4 Å². The van der Waals surface area contributed by atoms with Gasteiger partial charge in [0, 0.05) is 19.5 Å². The van der Waals surface area contributed by atoms with Crippen molar-refractivity contribution in [2.24, 2.45) is 23.7 Å². The SMILES string of the molecule is CC(C)Cc1nnn(C2CC(C(=O)O)N(CC3CCC4CNC(C(=O)O)CC4C3)C2)n1.Cl. The Labute approximate surface area is 194 Å². The maximum Gasteiger partial charge on any atom is 0.321 e. The number of rotatable bonds is 7. The van der Waals surface area contributed by atoms with E-state index in [1.165, 1.54) is 0 Å². The minimum absolute atomic E-state index is 0. The van der Waals surface area contributed by atoms with Crippen LogP contribution in [0.5, 0.6) is 0 Å². The number of halogens is 1. The lowest BCUT2D eigenvalue weighted by molar-refractivity contribution is -0.143. The predicted octanol–water partition coefficient (Wildman–Crippen LogP) is 1.47. The Balaban J connectivity index is 0.00000289. The van der Waals surface area contributed by atoms with E-state index in [1.54, 1.807) is 4.80 Å². The van der Waals surface area contributed by atoms with Gasteiger partial charge in [-0.15, -0.1) is 22.6 Å². The molecule has 1 aromatic rings. The van der Waals surface area contributed by atoms with Crippen LogP contribution >= 0.6 is 12.4 Å². The standard InChI is InChI=1S/C21H34N6O4.ClH/c1-12(2)5-19-23-25-27(24-19)16-8-18(21(30)31)26(11-16)10-13-3-4-14-9-22-17(20(28)29)7-15(14)6-13;/h12-18,22H,3-11H2,1-2H3,(H,28,29)(H,30,31);1H. The number of hydrogen-bond donors (Lipinski definition) is 3. The van der Waals surface area contributed by atoms with Gasteiger partial charge in [0.05, 0.1) is 6.04 Å². The van der Waals surface area contributed by atoms with Crippen molar-refractivity contribution in [2.45, 2.75) is 70.5 Å². The van der Waals surface area contributed by atoms with Crippen molar-refractivity contribution in [3.05, 3.63) is 5.82 Å². The normalized spacial score (nSPS) is 33.0. The van der Waals surface area contributed by atoms with E-state index in [-0.39, 0.29) is 18.4 Å². The molecule has 3 aliphatic rings. The van der Waals surface area contributed by atoms with Crippen molar-refractivity contribution in [2.75, 3.05) is 19.6 Å². The van der Waals surface area contributed by atoms with Crippen LogP contribution in [0.3, 0.4) is 0 Å². The molecule has 1 aliphatic carbocycles. The van der Waals surface area contributed by atoms with Gasteiger partial charge < -0.3 is 15.5 Å². The van der Waals surface area contributed by atoms with Crippen molar-refractivity contribution in [1.29, 1.82) is 0 Å². The second kappa shape index (κ2) is 10.4. The molecule has 0 bridgehead atoms. The minimum atomic E-state index is -0.800. The molecule has 6 unspecified atom stereocenters. The molecule has 3 heterocycles. The molecule has 11 heteroatoms. The maximum atomic E-state index is 11.9. The molecule has 0 aromatic carbocycles. The molecule has 180 valence electrons. The molecule has 0 spiro atoms. The monoisotopic (exact) mass is 470 g/mol. The average molecular weight is 471 g/mol. The molecule has 6 atom stereocenters. The fourth-order valence-corrected chi connectivity index (χ4v) is 5.71. The smallest absolute Gasteiger partial charge is 0.321 e. The maximum absolute atomic E-state index is 11.9. The third-order valence-electron chi connectivity index (χ3n) is 7.26. The first-order valence-corrected chi connectivity index (χ1v) is 11.5. The Bertz CT molecular complexity index is 805. The number of likely N-dealkylation sites (tertiary alicyclic amines) is 1. The van der Waals surface area contributed by atoms with Gasteiger partial charge in [0.2, 0.25) is 0 Å². The topological polar surface area (TPSA) is 133 Å². The lowest BCUT2D eigenvalue weighted by Gasteiger charge is -2.42. The molecule has 2 saturated heterocycles. The van der Waals surface area contributed by atoms with Crippen LogP contribution in [0.1, 0.15) is 57.8 Å². The van der Waals surface area contributed by atoms with Crippen LogP contribution < -0.4 is 5.32 Å². The van der Waals surface area contributed by atoms with Gasteiger partial charge in [-0.1, -0.05) is 13.8 Å². The van der Waals surface area contributed by atoms with Crippen LogP contribution in [0.2, 0.25) is 0 Å². The summed E-state index contributed by atoms with van der Waals surface area (Å²) >= 11 is 0. The number of aliphatic carboxylic acids is 2. The first kappa shape index (κ1) is 24.9. The second-order valence-corrected chi connectivity index (χ2v) is 10.1. The zero-order valence-corrected chi connectivity index (χ0v) is 19.6. The highest BCUT2D eigenvalue weighted by molar-refractivity contribution is 5.85. The van der Waals surface area contributed by atoms with Gasteiger partial charge in [-0.05, 0) is 67.5 Å². The number of fused-ring (bicyclic) bond motifs is 1. The van der Waals surface area contributed by atoms with E-state index >= 15 is 0 Å². The highest BCUT2D eigenvalue weighted by Crippen LogP contribution is 2.40. The van der Waals surface area contributed by atoms with Crippen LogP contribution in [0.15, 0.2) is 0 Å². The number of carbonyl (C=O) groups is 2. The molecule has 32 heavy (non-hydrogen) atoms. The highest BCUT2D eigenvalue weighted by atomic mass is 35.5. The number of carboxylic acids is 2. The van der Waals surface area contributed by atoms with E-state index in [1.807, 2.05) is 0 Å². The summed E-state index contributed by atoms with van der Waals surface area (Å²) in [4.78, 5) is 27.0. The van der Waals surface area contributed by atoms with E-state index in [9.17, 15) is 19.8 Å². The summed E-state index contributed by atoms with van der Waals surface area (Å²) in [6.07, 6.45) is 5.03. The van der Waals surface area contributed by atoms with Gasteiger partial charge in [-0.2, -0.15) is 4.80 Å². The van der Waals surface area contributed by atoms with E-state index in [2.05, 4.69) is 39.5 Å². The molecule has 0 radical (unpaired) electrons. The van der Waals surface area contributed by atoms with Crippen molar-refractivity contribution < 1.29 is 19.8 Å². The number of nitrogens with one attached hydrogen (secondary N) is 1. The first-order chi connectivity index (χ1) is 14.8. The molecule has 0 amide bonds. The molecule has 10 nitrogen and oxygen atoms in total. The fourth-order valence-electron chi connectivity index (χ4n) is 5.71. The first-order valence-electron chi connectivity index (χ1n) is 11.5. The molecular weight excluding hydrogens is 436 g/mol. The van der Waals surface area contributed by atoms with Crippen LogP contribution in [0.4, 0.5) is 0 Å². The number of piperidine rings is 1. The summed E-state index contributed by atoms with van der Waals surface area (Å²) in [5.74, 6) is 0.908. The van der Waals surface area contributed by atoms with Crippen molar-refractivity contribution >= 4 is 24.3 Å². The van der Waals surface area contributed by atoms with Crippen LogP contribution in [-0.2, 0) is 16.0 Å². The third-order valence-corrected chi connectivity index (χ3v) is 7.26. The van der Waals surface area contributed by atoms with Gasteiger partial charge >= 0.3 is 11.9 Å². The number of carboxylic acid groups (broad SMARTS) is 2. The van der Waals surface area contributed by atoms with Crippen LogP contribution in [0, 0.1) is 23.7 Å². The molecule has 1 saturated carbocycles. The summed E-state index contributed by atoms with van der Waals surface area (Å²) in [5.41, 5.74) is 0. The number of nitrogens with zero attached hydrogens (tertiary/aromatic N) is 5. The Morgan fingerprint density at radius 1 is 1.12 bits per heavy atom. The van der Waals surface area contributed by atoms with Gasteiger partial charge in [0.15, 0.2) is 5.82 Å². The summed E-state index contributed by atoms with van der Waals surface area (Å²) in [7, 11) is 0. The van der Waals surface area contributed by atoms with Crippen molar-refractivity contribution in [3.8, 4) is 0 Å². The Hall–Kier alpha value is -1.78. The van der Waals surface area contributed by atoms with Gasteiger partial charge in [-0.3, -0.25) is 14.5 Å². The summed E-state index contributed by atoms with van der Waals surface area (Å²) in [6, 6.07) is -1.08. The second-order valence-electron chi connectivity index (χ2n) is 10.1. The van der Waals surface area contributed by atoms with Crippen LogP contribution in [-0.4, -0.2) is 79.0 Å². The summed E-state index contributed by atoms with van der Waals surface area (Å²) in [5, 5.41) is 35.1. The number of tetrazole rings is 1. The van der Waals surface area contributed by atoms with Gasteiger partial charge in [0.25, 0.3) is 0 Å². The predicted molar refractivity (Wildman–Crippen MR) is 119 cm³/mol. The van der Waals surface area contributed by atoms with E-state index in [0.717, 1.165) is 38.8 Å². The summed E-state index contributed by atoms with van der Waals surface area (Å²) in [6.45, 7) is 6.32. The number of hydrogen-bond acceptors (Lipinski definition) is 7. The average Bonchev–Trinajstić information content (AvgIpc) is 3.34. The molecule has 3 N–H and O–H groups in total. The van der Waals surface area contributed by atoms with Gasteiger partial charge in [-0.25, -0.2) is 0 Å². The molecule has 2 aliphatic heterocycles. The quantitative estimate of drug-likeness (QED) is 0.541. The van der Waals surface area contributed by atoms with E-state index in [4.69, 9.17) is 0 Å². The Kier molecular flexibility index (Phi) is 8.11. The summed E-state index contributed by atoms with van der Waals surface area (Å²) < 4.78 is 0. The van der Waals surface area contributed by atoms with E-state index in [0.29, 0.717) is 48.9 Å². The zero-order valence-electron chi connectivity index (χ0n) is 18.8. The largest absolute Gasteiger partial charge is 0.480 e. The lowest BCUT2D eigenvalue weighted by atomic mass is 9.69. The minimum Gasteiger partial charge on any atom is -0.480 e. The Morgan fingerprint density at radius 3 is 2.59 bits per heavy atom. The van der Waals surface area contributed by atoms with Gasteiger partial charge in [0.1, 0.15) is 12.1 Å². The fraction of sp³-hybridized carbons (Fsp3) is 0.857. The molecule has 1 aromatic heterocycles. The highest BCUT2D eigenvalue weighted by Gasteiger charge is 2.42. The third kappa shape index (κ3) is 5.58. The Morgan fingerprint density at radius 2 is 1.91 bits per heavy atom. The van der Waals surface area contributed by atoms with Crippen molar-refractivity contribution in [3.63, 3.8) is 0 Å². The molecule has 3 fully saturated rings.